The lowest BCUT2D eigenvalue weighted by atomic mass is 10.1. The van der Waals surface area contributed by atoms with E-state index in [2.05, 4.69) is 32.0 Å². The van der Waals surface area contributed by atoms with Gasteiger partial charge < -0.3 is 9.32 Å². The fraction of sp³-hybridized carbons (Fsp3) is 0.389. The van der Waals surface area contributed by atoms with Gasteiger partial charge >= 0.3 is 0 Å². The van der Waals surface area contributed by atoms with Crippen LogP contribution < -0.4 is 8.01 Å². The van der Waals surface area contributed by atoms with Crippen molar-refractivity contribution < 1.29 is 9.21 Å². The number of carbonyl (C=O) groups is 1. The van der Waals surface area contributed by atoms with Crippen molar-refractivity contribution in [1.82, 2.24) is 20.2 Å². The first-order chi connectivity index (χ1) is 12.8. The van der Waals surface area contributed by atoms with Crippen molar-refractivity contribution in [3.05, 3.63) is 35.5 Å². The number of anilines is 2. The molecule has 0 bridgehead atoms. The molecule has 0 aromatic carbocycles. The van der Waals surface area contributed by atoms with E-state index in [9.17, 15) is 4.79 Å². The molecule has 1 amide bonds. The highest BCUT2D eigenvalue weighted by Gasteiger charge is 2.43. The fourth-order valence-corrected chi connectivity index (χ4v) is 3.51. The number of aryl methyl sites for hydroxylation is 2. The number of aromatic nitrogens is 4. The van der Waals surface area contributed by atoms with Crippen LogP contribution in [0.3, 0.4) is 0 Å². The number of amides is 1. The predicted octanol–water partition coefficient (Wildman–Crippen LogP) is 3.62. The maximum absolute atomic E-state index is 13.3. The monoisotopic (exact) mass is 478 g/mol. The van der Waals surface area contributed by atoms with Crippen LogP contribution in [0.25, 0.3) is 11.1 Å². The van der Waals surface area contributed by atoms with Crippen molar-refractivity contribution in [2.45, 2.75) is 39.2 Å². The fourth-order valence-electron chi connectivity index (χ4n) is 3.01. The summed E-state index contributed by atoms with van der Waals surface area (Å²) in [7, 11) is 2.00. The summed E-state index contributed by atoms with van der Waals surface area (Å²) in [5.74, 6) is 1.43. The van der Waals surface area contributed by atoms with E-state index in [4.69, 9.17) is 4.42 Å². The van der Waals surface area contributed by atoms with Crippen molar-refractivity contribution in [3.8, 4) is 0 Å². The van der Waals surface area contributed by atoms with Crippen LogP contribution in [0.15, 0.2) is 22.9 Å². The number of nitrogens with zero attached hydrogens (tertiary/aromatic N) is 6. The van der Waals surface area contributed by atoms with Crippen LogP contribution in [0.2, 0.25) is 0 Å². The lowest BCUT2D eigenvalue weighted by Crippen LogP contribution is -2.32. The van der Waals surface area contributed by atoms with Crippen LogP contribution >= 0.6 is 22.9 Å². The summed E-state index contributed by atoms with van der Waals surface area (Å²) in [4.78, 5) is 24.1. The van der Waals surface area contributed by atoms with Gasteiger partial charge in [0, 0.05) is 12.6 Å². The van der Waals surface area contributed by atoms with Crippen molar-refractivity contribution in [2.75, 3.05) is 15.1 Å². The number of hydrogen-bond donors (Lipinski definition) is 0. The molecule has 0 spiro atoms. The van der Waals surface area contributed by atoms with Gasteiger partial charge in [0.15, 0.2) is 5.82 Å². The average Bonchev–Trinajstić information content (AvgIpc) is 3.31. The molecule has 0 aliphatic heterocycles. The third-order valence-electron chi connectivity index (χ3n) is 5.12. The Morgan fingerprint density at radius 3 is 2.59 bits per heavy atom. The Labute approximate surface area is 170 Å². The maximum Gasteiger partial charge on any atom is 0.272 e. The minimum Gasteiger partial charge on any atom is -0.442 e. The van der Waals surface area contributed by atoms with Crippen LogP contribution in [0.1, 0.15) is 41.6 Å². The number of halogens is 1. The Kier molecular flexibility index (Phi) is 4.28. The Balaban J connectivity index is 1.82. The Hall–Kier alpha value is -2.30. The van der Waals surface area contributed by atoms with E-state index >= 15 is 0 Å². The minimum absolute atomic E-state index is 0.0548. The molecule has 9 heteroatoms. The molecule has 140 valence electrons. The zero-order chi connectivity index (χ0) is 19.3. The standard InChI is InChI=1S/C18H19IN6O2/c1-10-5-6-12(23-22-10)25(19)17(26)13-11(2)27-16-14(13)15(20-9-21-16)24(4)18(3)7-8-18/h5-6,9H,7-8H2,1-4H3. The van der Waals surface area contributed by atoms with Crippen LogP contribution in [0.5, 0.6) is 0 Å². The van der Waals surface area contributed by atoms with E-state index in [1.807, 2.05) is 42.9 Å². The van der Waals surface area contributed by atoms with Crippen molar-refractivity contribution in [1.29, 1.82) is 0 Å². The maximum atomic E-state index is 13.3. The molecule has 1 aliphatic rings. The summed E-state index contributed by atoms with van der Waals surface area (Å²) in [5, 5.41) is 8.77. The molecule has 3 heterocycles. The largest absolute Gasteiger partial charge is 0.442 e. The second-order valence-electron chi connectivity index (χ2n) is 7.09. The third kappa shape index (κ3) is 3.03. The van der Waals surface area contributed by atoms with Gasteiger partial charge in [-0.2, -0.15) is 5.10 Å². The highest BCUT2D eigenvalue weighted by Crippen LogP contribution is 2.44. The van der Waals surface area contributed by atoms with Crippen molar-refractivity contribution >= 4 is 51.5 Å². The van der Waals surface area contributed by atoms with Gasteiger partial charge in [-0.25, -0.2) is 13.1 Å². The number of furan rings is 1. The molecule has 1 saturated carbocycles. The van der Waals surface area contributed by atoms with Gasteiger partial charge in [-0.1, -0.05) is 0 Å². The molecule has 0 saturated heterocycles. The lowest BCUT2D eigenvalue weighted by Gasteiger charge is -2.26. The summed E-state index contributed by atoms with van der Waals surface area (Å²) in [6.45, 7) is 5.80. The smallest absolute Gasteiger partial charge is 0.272 e. The molecule has 1 aliphatic carbocycles. The first-order valence-corrected chi connectivity index (χ1v) is 9.57. The van der Waals surface area contributed by atoms with Gasteiger partial charge in [0.25, 0.3) is 5.91 Å². The normalized spacial score (nSPS) is 15.0. The van der Waals surface area contributed by atoms with Gasteiger partial charge in [0.1, 0.15) is 17.9 Å². The molecule has 0 N–H and O–H groups in total. The Morgan fingerprint density at radius 2 is 1.96 bits per heavy atom. The predicted molar refractivity (Wildman–Crippen MR) is 110 cm³/mol. The molecule has 1 fully saturated rings. The molecule has 3 aromatic rings. The highest BCUT2D eigenvalue weighted by atomic mass is 127. The van der Waals surface area contributed by atoms with Crippen LogP contribution in [0, 0.1) is 13.8 Å². The molecule has 8 nitrogen and oxygen atoms in total. The van der Waals surface area contributed by atoms with Crippen LogP contribution in [-0.4, -0.2) is 38.7 Å². The number of hydrogen-bond acceptors (Lipinski definition) is 7. The molecule has 0 unspecified atom stereocenters. The van der Waals surface area contributed by atoms with Crippen molar-refractivity contribution in [3.63, 3.8) is 0 Å². The van der Waals surface area contributed by atoms with Gasteiger partial charge in [-0.15, -0.1) is 5.10 Å². The van der Waals surface area contributed by atoms with Gasteiger partial charge in [-0.05, 0) is 45.7 Å². The first-order valence-electron chi connectivity index (χ1n) is 8.60. The van der Waals surface area contributed by atoms with E-state index in [1.54, 1.807) is 13.0 Å². The summed E-state index contributed by atoms with van der Waals surface area (Å²) in [6, 6.07) is 3.58. The summed E-state index contributed by atoms with van der Waals surface area (Å²) < 4.78 is 7.23. The van der Waals surface area contributed by atoms with E-state index in [0.29, 0.717) is 34.1 Å². The quantitative estimate of drug-likeness (QED) is 0.418. The van der Waals surface area contributed by atoms with Crippen molar-refractivity contribution in [2.24, 2.45) is 0 Å². The zero-order valence-corrected chi connectivity index (χ0v) is 17.7. The minimum atomic E-state index is -0.240. The molecule has 4 rings (SSSR count). The molecular weight excluding hydrogens is 459 g/mol. The number of rotatable bonds is 4. The molecule has 0 atom stereocenters. The third-order valence-corrected chi connectivity index (χ3v) is 6.05. The second-order valence-corrected chi connectivity index (χ2v) is 8.05. The molecular formula is C18H19IN6O2. The van der Waals surface area contributed by atoms with E-state index in [-0.39, 0.29) is 11.4 Å². The molecule has 0 radical (unpaired) electrons. The highest BCUT2D eigenvalue weighted by molar-refractivity contribution is 14.1. The Morgan fingerprint density at radius 1 is 1.22 bits per heavy atom. The summed E-state index contributed by atoms with van der Waals surface area (Å²) in [5.41, 5.74) is 1.71. The van der Waals surface area contributed by atoms with Crippen LogP contribution in [0.4, 0.5) is 11.6 Å². The van der Waals surface area contributed by atoms with Gasteiger partial charge in [0.2, 0.25) is 5.71 Å². The second kappa shape index (κ2) is 6.39. The Bertz CT molecular complexity index is 1030. The number of carbonyl (C=O) groups excluding carboxylic acids is 1. The molecule has 3 aromatic heterocycles. The average molecular weight is 478 g/mol. The van der Waals surface area contributed by atoms with Gasteiger partial charge in [0.05, 0.1) is 39.5 Å². The van der Waals surface area contributed by atoms with Gasteiger partial charge in [-0.3, -0.25) is 4.79 Å². The lowest BCUT2D eigenvalue weighted by molar-refractivity contribution is 0.101. The summed E-state index contributed by atoms with van der Waals surface area (Å²) >= 11 is 1.94. The molecule has 27 heavy (non-hydrogen) atoms. The number of fused-ring (bicyclic) bond motifs is 1. The van der Waals surface area contributed by atoms with E-state index in [0.717, 1.165) is 18.5 Å². The van der Waals surface area contributed by atoms with Crippen LogP contribution in [-0.2, 0) is 0 Å². The SMILES string of the molecule is Cc1ccc(N(I)C(=O)c2c(C)oc3ncnc(N(C)C4(C)CC4)c23)nn1. The summed E-state index contributed by atoms with van der Waals surface area (Å²) in [6.07, 6.45) is 3.66. The van der Waals surface area contributed by atoms with E-state index in [1.165, 1.54) is 9.44 Å². The van der Waals surface area contributed by atoms with E-state index < -0.39 is 0 Å². The topological polar surface area (TPSA) is 88.3 Å². The first kappa shape index (κ1) is 18.1. The zero-order valence-electron chi connectivity index (χ0n) is 15.5.